The molecule has 19 heavy (non-hydrogen) atoms. The predicted molar refractivity (Wildman–Crippen MR) is 66.5 cm³/mol. The Labute approximate surface area is 109 Å². The molecule has 2 N–H and O–H groups in total. The third-order valence-corrected chi connectivity index (χ3v) is 2.25. The number of amides is 2. The number of carboxylic acid groups (broad SMARTS) is 1. The fourth-order valence-electron chi connectivity index (χ4n) is 1.39. The van der Waals surface area contributed by atoms with Crippen LogP contribution in [0.3, 0.4) is 0 Å². The zero-order valence-corrected chi connectivity index (χ0v) is 10.4. The lowest BCUT2D eigenvalue weighted by Gasteiger charge is -2.20. The number of hydrogen-bond donors (Lipinski definition) is 2. The minimum atomic E-state index is -1.13. The van der Waals surface area contributed by atoms with Crippen LogP contribution in [-0.4, -0.2) is 48.8 Å². The number of rotatable bonds is 6. The fraction of sp³-hybridized carbons (Fsp3) is 0.333. The maximum Gasteiger partial charge on any atom is 0.323 e. The van der Waals surface area contributed by atoms with Gasteiger partial charge >= 0.3 is 12.0 Å². The monoisotopic (exact) mass is 270 g/mol. The minimum Gasteiger partial charge on any atom is -0.480 e. The van der Waals surface area contributed by atoms with Crippen LogP contribution in [0.5, 0.6) is 0 Å². The van der Waals surface area contributed by atoms with Crippen LogP contribution >= 0.6 is 0 Å². The first-order chi connectivity index (χ1) is 9.02. The van der Waals surface area contributed by atoms with Crippen molar-refractivity contribution in [2.45, 2.75) is 0 Å². The zero-order chi connectivity index (χ0) is 14.3. The molecule has 104 valence electrons. The van der Waals surface area contributed by atoms with Crippen molar-refractivity contribution in [2.75, 3.05) is 32.1 Å². The van der Waals surface area contributed by atoms with E-state index in [0.29, 0.717) is 0 Å². The topological polar surface area (TPSA) is 78.9 Å². The molecule has 0 saturated carbocycles. The number of benzene rings is 1. The summed E-state index contributed by atoms with van der Waals surface area (Å²) < 4.78 is 17.8. The predicted octanol–water partition coefficient (Wildman–Crippen LogP) is 1.39. The first-order valence-corrected chi connectivity index (χ1v) is 5.55. The lowest BCUT2D eigenvalue weighted by atomic mass is 10.3. The van der Waals surface area contributed by atoms with Gasteiger partial charge in [0.2, 0.25) is 0 Å². The molecule has 2 amide bonds. The number of nitrogens with one attached hydrogen (secondary N) is 1. The summed E-state index contributed by atoms with van der Waals surface area (Å²) in [5.41, 5.74) is 0.262. The van der Waals surface area contributed by atoms with Gasteiger partial charge in [-0.1, -0.05) is 6.07 Å². The van der Waals surface area contributed by atoms with Crippen LogP contribution in [0.15, 0.2) is 24.3 Å². The van der Waals surface area contributed by atoms with Crippen LogP contribution in [0.4, 0.5) is 14.9 Å². The number of anilines is 1. The molecule has 0 spiro atoms. The summed E-state index contributed by atoms with van der Waals surface area (Å²) in [6.07, 6.45) is 0. The molecule has 1 aromatic rings. The molecule has 1 rings (SSSR count). The van der Waals surface area contributed by atoms with Crippen molar-refractivity contribution >= 4 is 17.7 Å². The van der Waals surface area contributed by atoms with E-state index in [4.69, 9.17) is 9.84 Å². The van der Waals surface area contributed by atoms with Crippen LogP contribution in [0, 0.1) is 5.82 Å². The zero-order valence-electron chi connectivity index (χ0n) is 10.4. The Morgan fingerprint density at radius 1 is 1.47 bits per heavy atom. The van der Waals surface area contributed by atoms with Crippen molar-refractivity contribution in [3.05, 3.63) is 30.1 Å². The molecule has 0 bridgehead atoms. The number of urea groups is 1. The van der Waals surface area contributed by atoms with Crippen LogP contribution in [0.25, 0.3) is 0 Å². The summed E-state index contributed by atoms with van der Waals surface area (Å²) in [6, 6.07) is 4.73. The van der Waals surface area contributed by atoms with Gasteiger partial charge in [-0.15, -0.1) is 0 Å². The van der Waals surface area contributed by atoms with Gasteiger partial charge in [0.1, 0.15) is 12.4 Å². The fourth-order valence-corrected chi connectivity index (χ4v) is 1.39. The van der Waals surface area contributed by atoms with Crippen LogP contribution in [0.1, 0.15) is 0 Å². The minimum absolute atomic E-state index is 0.129. The molecule has 7 heteroatoms. The molecular formula is C12H15FN2O4. The van der Waals surface area contributed by atoms with Gasteiger partial charge in [-0.2, -0.15) is 0 Å². The lowest BCUT2D eigenvalue weighted by Crippen LogP contribution is -2.40. The standard InChI is InChI=1S/C12H15FN2O4/c1-19-6-5-15(8-11(16)17)12(18)14-10-4-2-3-9(13)7-10/h2-4,7H,5-6,8H2,1H3,(H,14,18)(H,16,17). The second kappa shape index (κ2) is 7.32. The quantitative estimate of drug-likeness (QED) is 0.818. The van der Waals surface area contributed by atoms with Gasteiger partial charge in [0.15, 0.2) is 0 Å². The summed E-state index contributed by atoms with van der Waals surface area (Å²) in [7, 11) is 1.45. The van der Waals surface area contributed by atoms with E-state index in [2.05, 4.69) is 5.32 Å². The van der Waals surface area contributed by atoms with E-state index < -0.39 is 24.4 Å². The molecule has 0 aliphatic heterocycles. The molecule has 0 aromatic heterocycles. The molecule has 0 radical (unpaired) electrons. The van der Waals surface area contributed by atoms with Gasteiger partial charge in [0.05, 0.1) is 6.61 Å². The van der Waals surface area contributed by atoms with Gasteiger partial charge in [-0.25, -0.2) is 9.18 Å². The van der Waals surface area contributed by atoms with Gasteiger partial charge in [0, 0.05) is 19.3 Å². The molecule has 0 atom stereocenters. The number of carbonyl (C=O) groups is 2. The highest BCUT2D eigenvalue weighted by Gasteiger charge is 2.16. The van der Waals surface area contributed by atoms with Crippen molar-refractivity contribution in [3.8, 4) is 0 Å². The molecule has 6 nitrogen and oxygen atoms in total. The molecule has 0 heterocycles. The molecule has 0 unspecified atom stereocenters. The van der Waals surface area contributed by atoms with Gasteiger partial charge in [-0.3, -0.25) is 4.79 Å². The number of ether oxygens (including phenoxy) is 1. The Bertz CT molecular complexity index is 453. The Morgan fingerprint density at radius 3 is 2.79 bits per heavy atom. The first-order valence-electron chi connectivity index (χ1n) is 5.55. The van der Waals surface area contributed by atoms with E-state index in [1.165, 1.54) is 25.3 Å². The Morgan fingerprint density at radius 2 is 2.21 bits per heavy atom. The van der Waals surface area contributed by atoms with Gasteiger partial charge in [0.25, 0.3) is 0 Å². The molecule has 0 aliphatic rings. The number of hydrogen-bond acceptors (Lipinski definition) is 3. The summed E-state index contributed by atoms with van der Waals surface area (Å²) in [5, 5.41) is 11.1. The molecule has 0 saturated heterocycles. The number of nitrogens with zero attached hydrogens (tertiary/aromatic N) is 1. The van der Waals surface area contributed by atoms with E-state index in [1.807, 2.05) is 0 Å². The molecular weight excluding hydrogens is 255 g/mol. The SMILES string of the molecule is COCCN(CC(=O)O)C(=O)Nc1cccc(F)c1. The van der Waals surface area contributed by atoms with Crippen molar-refractivity contribution in [1.29, 1.82) is 0 Å². The van der Waals surface area contributed by atoms with Crippen LogP contribution < -0.4 is 5.32 Å². The summed E-state index contributed by atoms with van der Waals surface area (Å²) in [4.78, 5) is 23.6. The Kier molecular flexibility index (Phi) is 5.74. The van der Waals surface area contributed by atoms with Crippen molar-refractivity contribution in [1.82, 2.24) is 4.90 Å². The maximum atomic E-state index is 13.0. The third kappa shape index (κ3) is 5.35. The van der Waals surface area contributed by atoms with E-state index in [9.17, 15) is 14.0 Å². The number of methoxy groups -OCH3 is 1. The average molecular weight is 270 g/mol. The summed E-state index contributed by atoms with van der Waals surface area (Å²) >= 11 is 0. The normalized spacial score (nSPS) is 10.0. The third-order valence-electron chi connectivity index (χ3n) is 2.25. The summed E-state index contributed by atoms with van der Waals surface area (Å²) in [6.45, 7) is -0.113. The molecule has 1 aromatic carbocycles. The highest BCUT2D eigenvalue weighted by Crippen LogP contribution is 2.10. The second-order valence-corrected chi connectivity index (χ2v) is 3.75. The van der Waals surface area contributed by atoms with E-state index >= 15 is 0 Å². The smallest absolute Gasteiger partial charge is 0.323 e. The molecule has 0 fully saturated rings. The Balaban J connectivity index is 2.67. The van der Waals surface area contributed by atoms with Crippen molar-refractivity contribution < 1.29 is 23.8 Å². The van der Waals surface area contributed by atoms with E-state index in [-0.39, 0.29) is 18.8 Å². The summed E-state index contributed by atoms with van der Waals surface area (Å²) in [5.74, 6) is -1.62. The van der Waals surface area contributed by atoms with Crippen LogP contribution in [-0.2, 0) is 9.53 Å². The highest BCUT2D eigenvalue weighted by atomic mass is 19.1. The maximum absolute atomic E-state index is 13.0. The van der Waals surface area contributed by atoms with Crippen molar-refractivity contribution in [3.63, 3.8) is 0 Å². The Hall–Kier alpha value is -2.15. The number of aliphatic carboxylic acids is 1. The largest absolute Gasteiger partial charge is 0.480 e. The molecule has 0 aliphatic carbocycles. The number of carboxylic acids is 1. The second-order valence-electron chi connectivity index (χ2n) is 3.75. The number of halogens is 1. The average Bonchev–Trinajstić information content (AvgIpc) is 2.34. The van der Waals surface area contributed by atoms with Gasteiger partial charge < -0.3 is 20.1 Å². The van der Waals surface area contributed by atoms with Crippen molar-refractivity contribution in [2.24, 2.45) is 0 Å². The van der Waals surface area contributed by atoms with E-state index in [1.54, 1.807) is 0 Å². The first kappa shape index (κ1) is 14.9. The lowest BCUT2D eigenvalue weighted by molar-refractivity contribution is -0.137. The highest BCUT2D eigenvalue weighted by molar-refractivity contribution is 5.91. The number of carbonyl (C=O) groups excluding carboxylic acids is 1. The van der Waals surface area contributed by atoms with Crippen LogP contribution in [0.2, 0.25) is 0 Å². The van der Waals surface area contributed by atoms with Gasteiger partial charge in [-0.05, 0) is 18.2 Å². The van der Waals surface area contributed by atoms with E-state index in [0.717, 1.165) is 11.0 Å².